The number of ether oxygens (including phenoxy) is 1. The molecule has 4 rings (SSSR count). The van der Waals surface area contributed by atoms with Gasteiger partial charge in [-0.25, -0.2) is 0 Å². The van der Waals surface area contributed by atoms with Crippen molar-refractivity contribution in [1.29, 1.82) is 0 Å². The molecule has 7 nitrogen and oxygen atoms in total. The molecule has 1 amide bonds. The van der Waals surface area contributed by atoms with Gasteiger partial charge in [0.2, 0.25) is 5.91 Å². The summed E-state index contributed by atoms with van der Waals surface area (Å²) in [6.45, 7) is 6.83. The molecule has 7 heteroatoms. The second kappa shape index (κ2) is 12.8. The predicted molar refractivity (Wildman–Crippen MR) is 143 cm³/mol. The zero-order valence-corrected chi connectivity index (χ0v) is 20.9. The first-order valence-electron chi connectivity index (χ1n) is 12.6. The van der Waals surface area contributed by atoms with E-state index in [0.717, 1.165) is 50.5 Å². The fraction of sp³-hybridized carbons (Fsp3) is 0.345. The molecule has 0 unspecified atom stereocenters. The maximum atomic E-state index is 12.6. The lowest BCUT2D eigenvalue weighted by Crippen LogP contribution is -2.47. The largest absolute Gasteiger partial charge is 0.494 e. The maximum absolute atomic E-state index is 12.6. The van der Waals surface area contributed by atoms with E-state index in [4.69, 9.17) is 4.74 Å². The highest BCUT2D eigenvalue weighted by atomic mass is 16.5. The number of anilines is 2. The van der Waals surface area contributed by atoms with Crippen molar-refractivity contribution in [3.05, 3.63) is 84.2 Å². The topological polar surface area (TPSA) is 74.8 Å². The van der Waals surface area contributed by atoms with Crippen LogP contribution >= 0.6 is 0 Å². The first kappa shape index (κ1) is 25.4. The molecule has 0 spiro atoms. The van der Waals surface area contributed by atoms with E-state index in [9.17, 15) is 9.59 Å². The van der Waals surface area contributed by atoms with Crippen LogP contribution in [0.1, 0.15) is 35.7 Å². The van der Waals surface area contributed by atoms with Crippen LogP contribution in [0.3, 0.4) is 0 Å². The van der Waals surface area contributed by atoms with Crippen molar-refractivity contribution in [1.82, 2.24) is 9.88 Å². The van der Waals surface area contributed by atoms with Crippen LogP contribution in [0.5, 0.6) is 5.75 Å². The average Bonchev–Trinajstić information content (AvgIpc) is 2.91. The quantitative estimate of drug-likeness (QED) is 0.319. The Balaban J connectivity index is 1.22. The molecule has 0 bridgehead atoms. The molecule has 0 atom stereocenters. The van der Waals surface area contributed by atoms with E-state index >= 15 is 0 Å². The highest BCUT2D eigenvalue weighted by Gasteiger charge is 2.19. The van der Waals surface area contributed by atoms with Gasteiger partial charge in [0, 0.05) is 57.1 Å². The van der Waals surface area contributed by atoms with E-state index < -0.39 is 0 Å². The second-order valence-electron chi connectivity index (χ2n) is 9.04. The molecule has 0 saturated carbocycles. The van der Waals surface area contributed by atoms with Gasteiger partial charge in [0.15, 0.2) is 5.78 Å². The lowest BCUT2D eigenvalue weighted by atomic mass is 10.1. The van der Waals surface area contributed by atoms with Gasteiger partial charge in [-0.15, -0.1) is 0 Å². The van der Waals surface area contributed by atoms with E-state index in [1.165, 1.54) is 12.5 Å². The number of hydrogen-bond acceptors (Lipinski definition) is 6. The number of nitrogens with one attached hydrogen (secondary N) is 1. The number of aromatic nitrogens is 1. The number of carbonyl (C=O) groups excluding carboxylic acids is 2. The van der Waals surface area contributed by atoms with Gasteiger partial charge in [-0.1, -0.05) is 24.3 Å². The Labute approximate surface area is 213 Å². The van der Waals surface area contributed by atoms with Crippen molar-refractivity contribution in [2.75, 3.05) is 49.5 Å². The monoisotopic (exact) mass is 486 g/mol. The molecule has 3 aromatic rings. The number of benzene rings is 2. The van der Waals surface area contributed by atoms with Gasteiger partial charge >= 0.3 is 0 Å². The van der Waals surface area contributed by atoms with Crippen LogP contribution in [0, 0.1) is 0 Å². The minimum absolute atomic E-state index is 0.00450. The molecule has 188 valence electrons. The summed E-state index contributed by atoms with van der Waals surface area (Å²) in [6.07, 6.45) is 5.68. The Morgan fingerprint density at radius 2 is 1.75 bits per heavy atom. The average molecular weight is 487 g/mol. The fourth-order valence-electron chi connectivity index (χ4n) is 4.34. The van der Waals surface area contributed by atoms with Gasteiger partial charge in [0.1, 0.15) is 5.75 Å². The third-order valence-electron chi connectivity index (χ3n) is 6.41. The van der Waals surface area contributed by atoms with E-state index in [-0.39, 0.29) is 11.7 Å². The number of pyridine rings is 1. The number of nitrogens with zero attached hydrogens (tertiary/aromatic N) is 3. The Morgan fingerprint density at radius 1 is 0.972 bits per heavy atom. The smallest absolute Gasteiger partial charge is 0.224 e. The molecule has 1 aliphatic rings. The molecule has 1 fully saturated rings. The van der Waals surface area contributed by atoms with Crippen molar-refractivity contribution in [3.63, 3.8) is 0 Å². The minimum atomic E-state index is -0.0282. The van der Waals surface area contributed by atoms with Crippen LogP contribution in [0.4, 0.5) is 11.4 Å². The van der Waals surface area contributed by atoms with Crippen molar-refractivity contribution in [2.24, 2.45) is 0 Å². The lowest BCUT2D eigenvalue weighted by molar-refractivity contribution is -0.116. The van der Waals surface area contributed by atoms with E-state index in [1.54, 1.807) is 18.2 Å². The van der Waals surface area contributed by atoms with Crippen LogP contribution in [0.2, 0.25) is 0 Å². The first-order valence-corrected chi connectivity index (χ1v) is 12.6. The van der Waals surface area contributed by atoms with Crippen LogP contribution in [-0.4, -0.2) is 60.9 Å². The van der Waals surface area contributed by atoms with Crippen molar-refractivity contribution in [2.45, 2.75) is 26.2 Å². The number of carbonyl (C=O) groups is 2. The van der Waals surface area contributed by atoms with Gasteiger partial charge in [0.25, 0.3) is 0 Å². The van der Waals surface area contributed by atoms with Gasteiger partial charge in [-0.05, 0) is 61.7 Å². The summed E-state index contributed by atoms with van der Waals surface area (Å²) in [5.74, 6) is 0.623. The normalized spacial score (nSPS) is 13.9. The molecule has 1 aromatic heterocycles. The Bertz CT molecular complexity index is 1140. The SMILES string of the molecule is CC(=O)c1cccc(OCCCC(=O)Nc2ccccc2N2CCN(CCc3ccncc3)CC2)c1. The summed E-state index contributed by atoms with van der Waals surface area (Å²) in [7, 11) is 0. The Hall–Kier alpha value is -3.71. The molecule has 2 heterocycles. The molecule has 1 N–H and O–H groups in total. The lowest BCUT2D eigenvalue weighted by Gasteiger charge is -2.37. The summed E-state index contributed by atoms with van der Waals surface area (Å²) < 4.78 is 5.73. The predicted octanol–water partition coefficient (Wildman–Crippen LogP) is 4.45. The van der Waals surface area contributed by atoms with Gasteiger partial charge in [-0.3, -0.25) is 19.5 Å². The van der Waals surface area contributed by atoms with Gasteiger partial charge in [0.05, 0.1) is 18.0 Å². The summed E-state index contributed by atoms with van der Waals surface area (Å²) in [5, 5.41) is 3.09. The molecular weight excluding hydrogens is 452 g/mol. The maximum Gasteiger partial charge on any atom is 0.224 e. The molecule has 1 saturated heterocycles. The van der Waals surface area contributed by atoms with E-state index in [2.05, 4.69) is 38.3 Å². The number of Topliss-reactive ketones (excluding diaryl/α,β-unsaturated/α-hetero) is 1. The zero-order valence-electron chi connectivity index (χ0n) is 20.9. The molecular formula is C29H34N4O3. The summed E-state index contributed by atoms with van der Waals surface area (Å²) >= 11 is 0. The van der Waals surface area contributed by atoms with Gasteiger partial charge in [-0.2, -0.15) is 0 Å². The third-order valence-corrected chi connectivity index (χ3v) is 6.41. The summed E-state index contributed by atoms with van der Waals surface area (Å²) in [4.78, 5) is 33.1. The van der Waals surface area contributed by atoms with E-state index in [1.807, 2.05) is 36.7 Å². The van der Waals surface area contributed by atoms with E-state index in [0.29, 0.717) is 30.8 Å². The molecule has 36 heavy (non-hydrogen) atoms. The van der Waals surface area contributed by atoms with Crippen LogP contribution in [0.15, 0.2) is 73.1 Å². The second-order valence-corrected chi connectivity index (χ2v) is 9.04. The number of ketones is 1. The van der Waals surface area contributed by atoms with Crippen molar-refractivity contribution >= 4 is 23.1 Å². The molecule has 2 aromatic carbocycles. The minimum Gasteiger partial charge on any atom is -0.494 e. The standard InChI is InChI=1S/C29H34N4O3/c1-23(34)25-6-4-7-26(22-25)36-21-5-10-29(35)31-27-8-2-3-9-28(27)33-19-17-32(18-20-33)16-13-24-11-14-30-15-12-24/h2-4,6-9,11-12,14-15,22H,5,10,13,16-21H2,1H3,(H,31,35). The highest BCUT2D eigenvalue weighted by Crippen LogP contribution is 2.27. The molecule has 0 radical (unpaired) electrons. The number of amides is 1. The Kier molecular flexibility index (Phi) is 9.05. The number of para-hydroxylation sites is 2. The number of rotatable bonds is 11. The third kappa shape index (κ3) is 7.39. The number of piperazine rings is 1. The van der Waals surface area contributed by atoms with Crippen LogP contribution in [-0.2, 0) is 11.2 Å². The zero-order chi connectivity index (χ0) is 25.2. The molecule has 0 aliphatic carbocycles. The van der Waals surface area contributed by atoms with Crippen LogP contribution in [0.25, 0.3) is 0 Å². The fourth-order valence-corrected chi connectivity index (χ4v) is 4.34. The molecule has 1 aliphatic heterocycles. The van der Waals surface area contributed by atoms with Crippen molar-refractivity contribution < 1.29 is 14.3 Å². The summed E-state index contributed by atoms with van der Waals surface area (Å²) in [6, 6.07) is 19.3. The number of hydrogen-bond donors (Lipinski definition) is 1. The Morgan fingerprint density at radius 3 is 2.53 bits per heavy atom. The van der Waals surface area contributed by atoms with Crippen LogP contribution < -0.4 is 15.0 Å². The van der Waals surface area contributed by atoms with Crippen molar-refractivity contribution in [3.8, 4) is 5.75 Å². The summed E-state index contributed by atoms with van der Waals surface area (Å²) in [5.41, 5.74) is 3.85. The first-order chi connectivity index (χ1) is 17.6. The van der Waals surface area contributed by atoms with Gasteiger partial charge < -0.3 is 15.0 Å². The highest BCUT2D eigenvalue weighted by molar-refractivity contribution is 5.95.